The van der Waals surface area contributed by atoms with Crippen LogP contribution in [0, 0.1) is 0 Å². The van der Waals surface area contributed by atoms with Crippen LogP contribution in [0.1, 0.15) is 0 Å². The fraction of sp³-hybridized carbons (Fsp3) is 0. The number of benzene rings is 9. The molecule has 0 saturated carbocycles. The first-order valence-corrected chi connectivity index (χ1v) is 20.2. The van der Waals surface area contributed by atoms with Crippen LogP contribution < -0.4 is 4.90 Å². The van der Waals surface area contributed by atoms with Crippen molar-refractivity contribution in [1.29, 1.82) is 0 Å². The third kappa shape index (κ3) is 5.59. The molecule has 9 aromatic carbocycles. The van der Waals surface area contributed by atoms with Gasteiger partial charge in [-0.15, -0.1) is 0 Å². The molecule has 0 saturated heterocycles. The van der Waals surface area contributed by atoms with E-state index in [4.69, 9.17) is 13.8 Å². The number of oxazole rings is 1. The molecule has 3 aromatic heterocycles. The second-order valence-corrected chi connectivity index (χ2v) is 15.2. The van der Waals surface area contributed by atoms with Gasteiger partial charge in [-0.1, -0.05) is 121 Å². The van der Waals surface area contributed by atoms with E-state index in [1.165, 1.54) is 21.8 Å². The topological polar surface area (TPSA) is 47.3 Å². The number of hydrogen-bond acceptors (Lipinski definition) is 4. The highest BCUT2D eigenvalue weighted by Gasteiger charge is 2.21. The molecule has 0 unspecified atom stereocenters. The number of nitrogens with zero attached hydrogens (tertiary/aromatic N) is 3. The SMILES string of the molecule is c1ccc(-c2nc3cc4oc5ccc(-c6ccc(N(c7ccc8c(c7)c7ccccc7n8-c7ccccc7)c7ccccc7-c7ccccc7)cc6)cc5c4cc3o2)cc1. The quantitative estimate of drug-likeness (QED) is 0.162. The molecule has 60 heavy (non-hydrogen) atoms. The number of fused-ring (bicyclic) bond motifs is 7. The van der Waals surface area contributed by atoms with Crippen LogP contribution in [0.3, 0.4) is 0 Å². The van der Waals surface area contributed by atoms with Crippen molar-refractivity contribution in [2.24, 2.45) is 0 Å². The van der Waals surface area contributed by atoms with Gasteiger partial charge < -0.3 is 18.3 Å². The van der Waals surface area contributed by atoms with E-state index < -0.39 is 0 Å². The molecule has 5 heteroatoms. The number of rotatable bonds is 7. The Morgan fingerprint density at radius 3 is 1.85 bits per heavy atom. The molecule has 0 bridgehead atoms. The lowest BCUT2D eigenvalue weighted by molar-refractivity contribution is 0.620. The van der Waals surface area contributed by atoms with Crippen molar-refractivity contribution in [3.8, 4) is 39.4 Å². The summed E-state index contributed by atoms with van der Waals surface area (Å²) in [7, 11) is 0. The average molecular weight is 770 g/mol. The zero-order valence-electron chi connectivity index (χ0n) is 32.4. The first-order chi connectivity index (χ1) is 29.7. The maximum Gasteiger partial charge on any atom is 0.227 e. The van der Waals surface area contributed by atoms with Gasteiger partial charge in [0.15, 0.2) is 5.58 Å². The molecule has 5 nitrogen and oxygen atoms in total. The molecule has 0 fully saturated rings. The maximum absolute atomic E-state index is 6.36. The van der Waals surface area contributed by atoms with Crippen LogP contribution >= 0.6 is 0 Å². The lowest BCUT2D eigenvalue weighted by Gasteiger charge is -2.28. The third-order valence-electron chi connectivity index (χ3n) is 11.6. The Hall–Kier alpha value is -8.15. The monoisotopic (exact) mass is 769 g/mol. The molecule has 0 amide bonds. The van der Waals surface area contributed by atoms with Crippen molar-refractivity contribution in [1.82, 2.24) is 9.55 Å². The summed E-state index contributed by atoms with van der Waals surface area (Å²) >= 11 is 0. The minimum atomic E-state index is 0.600. The van der Waals surface area contributed by atoms with E-state index in [-0.39, 0.29) is 0 Å². The van der Waals surface area contributed by atoms with Gasteiger partial charge in [0.2, 0.25) is 5.89 Å². The molecule has 12 aromatic rings. The van der Waals surface area contributed by atoms with Gasteiger partial charge in [0, 0.05) is 55.8 Å². The minimum Gasteiger partial charge on any atom is -0.456 e. The highest BCUT2D eigenvalue weighted by Crippen LogP contribution is 2.44. The van der Waals surface area contributed by atoms with Crippen LogP contribution in [0.2, 0.25) is 0 Å². The zero-order valence-corrected chi connectivity index (χ0v) is 32.4. The van der Waals surface area contributed by atoms with Gasteiger partial charge in [0.05, 0.1) is 16.7 Å². The fourth-order valence-corrected chi connectivity index (χ4v) is 8.80. The molecule has 0 aliphatic carbocycles. The Labute approximate surface area is 345 Å². The van der Waals surface area contributed by atoms with E-state index in [1.807, 2.05) is 36.4 Å². The van der Waals surface area contributed by atoms with Gasteiger partial charge in [-0.25, -0.2) is 4.98 Å². The number of anilines is 3. The molecule has 0 aliphatic rings. The smallest absolute Gasteiger partial charge is 0.227 e. The first kappa shape index (κ1) is 33.9. The maximum atomic E-state index is 6.36. The van der Waals surface area contributed by atoms with E-state index in [0.717, 1.165) is 83.6 Å². The van der Waals surface area contributed by atoms with Crippen LogP contribution in [0.25, 0.3) is 94.2 Å². The first-order valence-electron chi connectivity index (χ1n) is 20.2. The Morgan fingerprint density at radius 1 is 0.383 bits per heavy atom. The summed E-state index contributed by atoms with van der Waals surface area (Å²) < 4.78 is 15.0. The Bertz CT molecular complexity index is 3530. The second-order valence-electron chi connectivity index (χ2n) is 15.2. The molecule has 0 aliphatic heterocycles. The molecule has 12 rings (SSSR count). The number of furan rings is 1. The van der Waals surface area contributed by atoms with Crippen molar-refractivity contribution in [3.63, 3.8) is 0 Å². The summed E-state index contributed by atoms with van der Waals surface area (Å²) in [5, 5.41) is 4.45. The van der Waals surface area contributed by atoms with Gasteiger partial charge in [0.1, 0.15) is 16.7 Å². The lowest BCUT2D eigenvalue weighted by Crippen LogP contribution is -2.11. The lowest BCUT2D eigenvalue weighted by atomic mass is 10.00. The van der Waals surface area contributed by atoms with Gasteiger partial charge in [-0.05, 0) is 102 Å². The van der Waals surface area contributed by atoms with Crippen molar-refractivity contribution in [2.75, 3.05) is 4.90 Å². The Morgan fingerprint density at radius 2 is 1.03 bits per heavy atom. The summed E-state index contributed by atoms with van der Waals surface area (Å²) in [6.07, 6.45) is 0. The summed E-state index contributed by atoms with van der Waals surface area (Å²) in [6, 6.07) is 74.8. The molecule has 282 valence electrons. The molecular weight excluding hydrogens is 735 g/mol. The van der Waals surface area contributed by atoms with Crippen molar-refractivity contribution in [2.45, 2.75) is 0 Å². The fourth-order valence-electron chi connectivity index (χ4n) is 8.80. The summed E-state index contributed by atoms with van der Waals surface area (Å²) in [5.74, 6) is 0.600. The van der Waals surface area contributed by atoms with Crippen LogP contribution in [0.15, 0.2) is 221 Å². The number of aromatic nitrogens is 2. The predicted octanol–water partition coefficient (Wildman–Crippen LogP) is 15.3. The number of hydrogen-bond donors (Lipinski definition) is 0. The van der Waals surface area contributed by atoms with E-state index in [0.29, 0.717) is 5.89 Å². The highest BCUT2D eigenvalue weighted by atomic mass is 16.4. The number of para-hydroxylation sites is 3. The Kier molecular flexibility index (Phi) is 7.78. The molecule has 0 spiro atoms. The zero-order chi connectivity index (χ0) is 39.6. The average Bonchev–Trinajstić information content (AvgIpc) is 4.00. The summed E-state index contributed by atoms with van der Waals surface area (Å²) in [4.78, 5) is 7.16. The van der Waals surface area contributed by atoms with Crippen molar-refractivity contribution >= 4 is 71.9 Å². The van der Waals surface area contributed by atoms with Crippen LogP contribution in [0.5, 0.6) is 0 Å². The van der Waals surface area contributed by atoms with Gasteiger partial charge in [0.25, 0.3) is 0 Å². The van der Waals surface area contributed by atoms with Gasteiger partial charge in [-0.2, -0.15) is 0 Å². The van der Waals surface area contributed by atoms with Gasteiger partial charge >= 0.3 is 0 Å². The summed E-state index contributed by atoms with van der Waals surface area (Å²) in [5.41, 5.74) is 15.3. The van der Waals surface area contributed by atoms with Crippen LogP contribution in [0.4, 0.5) is 17.1 Å². The molecular formula is C55H35N3O2. The van der Waals surface area contributed by atoms with Crippen LogP contribution in [-0.4, -0.2) is 9.55 Å². The normalized spacial score (nSPS) is 11.7. The van der Waals surface area contributed by atoms with E-state index in [1.54, 1.807) is 0 Å². The van der Waals surface area contributed by atoms with Crippen molar-refractivity contribution < 1.29 is 8.83 Å². The molecule has 0 radical (unpaired) electrons. The predicted molar refractivity (Wildman–Crippen MR) is 247 cm³/mol. The standard InChI is InChI=1S/C55H35N3O2/c1-4-14-37(15-5-1)43-20-10-12-22-49(43)57(42-29-30-51-45(33-42)44-21-11-13-23-50(44)58(51)40-18-8-3-9-19-40)41-27-24-36(25-28-41)39-26-31-52-46(32-39)47-34-54-48(35-53(47)59-52)56-55(60-54)38-16-6-2-7-17-38/h1-35H. The molecule has 3 heterocycles. The van der Waals surface area contributed by atoms with E-state index in [9.17, 15) is 0 Å². The molecule has 0 atom stereocenters. The second kappa shape index (κ2) is 13.8. The summed E-state index contributed by atoms with van der Waals surface area (Å²) in [6.45, 7) is 0. The van der Waals surface area contributed by atoms with Crippen LogP contribution in [-0.2, 0) is 0 Å². The largest absolute Gasteiger partial charge is 0.456 e. The van der Waals surface area contributed by atoms with E-state index in [2.05, 4.69) is 185 Å². The highest BCUT2D eigenvalue weighted by molar-refractivity contribution is 6.12. The molecule has 0 N–H and O–H groups in total. The van der Waals surface area contributed by atoms with Crippen molar-refractivity contribution in [3.05, 3.63) is 212 Å². The van der Waals surface area contributed by atoms with Gasteiger partial charge in [-0.3, -0.25) is 0 Å². The Balaban J connectivity index is 0.981. The van der Waals surface area contributed by atoms with E-state index >= 15 is 0 Å². The third-order valence-corrected chi connectivity index (χ3v) is 11.6. The minimum absolute atomic E-state index is 0.600.